The molecule has 3 aromatic rings. The molecule has 7 nitrogen and oxygen atoms in total. The Morgan fingerprint density at radius 2 is 1.92 bits per heavy atom. The van der Waals surface area contributed by atoms with E-state index < -0.39 is 10.0 Å². The molecule has 8 heteroatoms. The minimum Gasteiger partial charge on any atom is -0.329 e. The first-order chi connectivity index (χ1) is 11.9. The molecule has 0 saturated carbocycles. The van der Waals surface area contributed by atoms with E-state index in [1.165, 1.54) is 0 Å². The first kappa shape index (κ1) is 17.5. The number of benzene rings is 1. The highest BCUT2D eigenvalue weighted by Gasteiger charge is 2.21. The highest BCUT2D eigenvalue weighted by atomic mass is 32.2. The standard InChI is InChI=1S/C17H21N5O2S/c1-21(2)15(10-18)9-14-8-13-11-20-22(17(13)12-19-14)25(23,24)16-6-4-3-5-7-16/h3-8,11-12,15H,9-10,18H2,1-2H3. The SMILES string of the molecule is CN(C)C(CN)Cc1cc2cnn(S(=O)(=O)c3ccccc3)c2cn1. The van der Waals surface area contributed by atoms with Crippen LogP contribution in [-0.4, -0.2) is 54.2 Å². The van der Waals surface area contributed by atoms with Crippen LogP contribution < -0.4 is 5.73 Å². The van der Waals surface area contributed by atoms with E-state index in [2.05, 4.69) is 15.0 Å². The van der Waals surface area contributed by atoms with Crippen LogP contribution in [0.25, 0.3) is 10.9 Å². The molecule has 2 aromatic heterocycles. The molecule has 1 aromatic carbocycles. The van der Waals surface area contributed by atoms with Gasteiger partial charge in [-0.1, -0.05) is 18.2 Å². The summed E-state index contributed by atoms with van der Waals surface area (Å²) in [6.07, 6.45) is 3.80. The van der Waals surface area contributed by atoms with Gasteiger partial charge in [-0.3, -0.25) is 4.98 Å². The Kier molecular flexibility index (Phi) is 4.85. The van der Waals surface area contributed by atoms with Crippen molar-refractivity contribution in [1.82, 2.24) is 19.1 Å². The van der Waals surface area contributed by atoms with Crippen molar-refractivity contribution in [3.63, 3.8) is 0 Å². The molecule has 132 valence electrons. The lowest BCUT2D eigenvalue weighted by Crippen LogP contribution is -2.37. The van der Waals surface area contributed by atoms with E-state index in [1.807, 2.05) is 20.2 Å². The lowest BCUT2D eigenvalue weighted by molar-refractivity contribution is 0.296. The zero-order valence-corrected chi connectivity index (χ0v) is 15.0. The summed E-state index contributed by atoms with van der Waals surface area (Å²) >= 11 is 0. The van der Waals surface area contributed by atoms with Crippen molar-refractivity contribution in [3.8, 4) is 0 Å². The van der Waals surface area contributed by atoms with E-state index in [1.54, 1.807) is 42.7 Å². The molecular formula is C17H21N5O2S. The van der Waals surface area contributed by atoms with Crippen LogP contribution in [0, 0.1) is 0 Å². The third kappa shape index (κ3) is 3.41. The lowest BCUT2D eigenvalue weighted by atomic mass is 10.1. The number of hydrogen-bond donors (Lipinski definition) is 1. The van der Waals surface area contributed by atoms with Crippen molar-refractivity contribution in [2.24, 2.45) is 5.73 Å². The van der Waals surface area contributed by atoms with Gasteiger partial charge in [-0.2, -0.15) is 17.6 Å². The molecule has 1 unspecified atom stereocenters. The number of fused-ring (bicyclic) bond motifs is 1. The molecule has 0 aliphatic rings. The van der Waals surface area contributed by atoms with Gasteiger partial charge in [0.25, 0.3) is 10.0 Å². The number of aromatic nitrogens is 3. The van der Waals surface area contributed by atoms with Crippen LogP contribution in [0.2, 0.25) is 0 Å². The highest BCUT2D eigenvalue weighted by Crippen LogP contribution is 2.20. The molecule has 3 rings (SSSR count). The summed E-state index contributed by atoms with van der Waals surface area (Å²) in [4.78, 5) is 6.65. The van der Waals surface area contributed by atoms with E-state index in [9.17, 15) is 8.42 Å². The lowest BCUT2D eigenvalue weighted by Gasteiger charge is -2.22. The monoisotopic (exact) mass is 359 g/mol. The minimum atomic E-state index is -3.74. The zero-order chi connectivity index (χ0) is 18.0. The van der Waals surface area contributed by atoms with Gasteiger partial charge in [-0.25, -0.2) is 0 Å². The van der Waals surface area contributed by atoms with E-state index in [-0.39, 0.29) is 10.9 Å². The van der Waals surface area contributed by atoms with Gasteiger partial charge in [0.15, 0.2) is 0 Å². The van der Waals surface area contributed by atoms with Crippen molar-refractivity contribution in [2.75, 3.05) is 20.6 Å². The quantitative estimate of drug-likeness (QED) is 0.708. The number of nitrogens with zero attached hydrogens (tertiary/aromatic N) is 4. The Hall–Kier alpha value is -2.29. The van der Waals surface area contributed by atoms with Gasteiger partial charge in [0.2, 0.25) is 0 Å². The van der Waals surface area contributed by atoms with Gasteiger partial charge in [0.1, 0.15) is 5.52 Å². The van der Waals surface area contributed by atoms with E-state index >= 15 is 0 Å². The van der Waals surface area contributed by atoms with Crippen LogP contribution in [0.15, 0.2) is 53.7 Å². The van der Waals surface area contributed by atoms with Crippen molar-refractivity contribution in [3.05, 3.63) is 54.5 Å². The van der Waals surface area contributed by atoms with Gasteiger partial charge < -0.3 is 10.6 Å². The Labute approximate surface area is 147 Å². The molecule has 0 spiro atoms. The molecule has 25 heavy (non-hydrogen) atoms. The molecule has 0 saturated heterocycles. The second-order valence-electron chi connectivity index (χ2n) is 6.10. The number of rotatable bonds is 6. The van der Waals surface area contributed by atoms with Crippen LogP contribution in [-0.2, 0) is 16.4 Å². The van der Waals surface area contributed by atoms with Crippen LogP contribution in [0.3, 0.4) is 0 Å². The molecule has 2 N–H and O–H groups in total. The first-order valence-electron chi connectivity index (χ1n) is 7.93. The van der Waals surface area contributed by atoms with Gasteiger partial charge in [-0.05, 0) is 32.3 Å². The fraction of sp³-hybridized carbons (Fsp3) is 0.294. The molecular weight excluding hydrogens is 338 g/mol. The molecule has 1 atom stereocenters. The maximum absolute atomic E-state index is 12.8. The van der Waals surface area contributed by atoms with Gasteiger partial charge >= 0.3 is 0 Å². The molecule has 0 fully saturated rings. The summed E-state index contributed by atoms with van der Waals surface area (Å²) in [6, 6.07) is 10.3. The maximum Gasteiger partial charge on any atom is 0.283 e. The summed E-state index contributed by atoms with van der Waals surface area (Å²) in [5.74, 6) is 0. The third-order valence-corrected chi connectivity index (χ3v) is 5.81. The summed E-state index contributed by atoms with van der Waals surface area (Å²) < 4.78 is 26.5. The second kappa shape index (κ2) is 6.91. The summed E-state index contributed by atoms with van der Waals surface area (Å²) in [6.45, 7) is 0.522. The van der Waals surface area contributed by atoms with Crippen LogP contribution >= 0.6 is 0 Å². The predicted octanol–water partition coefficient (Wildman–Crippen LogP) is 1.10. The number of likely N-dealkylation sites (N-methyl/N-ethyl adjacent to an activating group) is 1. The van der Waals surface area contributed by atoms with Crippen LogP contribution in [0.4, 0.5) is 0 Å². The Balaban J connectivity index is 1.98. The Morgan fingerprint density at radius 1 is 1.20 bits per heavy atom. The van der Waals surface area contributed by atoms with Gasteiger partial charge in [0.05, 0.1) is 17.3 Å². The van der Waals surface area contributed by atoms with Crippen molar-refractivity contribution in [2.45, 2.75) is 17.4 Å². The van der Waals surface area contributed by atoms with Crippen LogP contribution in [0.1, 0.15) is 5.69 Å². The molecule has 0 radical (unpaired) electrons. The zero-order valence-electron chi connectivity index (χ0n) is 14.2. The first-order valence-corrected chi connectivity index (χ1v) is 9.37. The molecule has 0 bridgehead atoms. The summed E-state index contributed by atoms with van der Waals surface area (Å²) in [5, 5.41) is 4.81. The molecule has 0 aliphatic heterocycles. The average molecular weight is 359 g/mol. The van der Waals surface area contributed by atoms with Gasteiger partial charge in [-0.15, -0.1) is 0 Å². The second-order valence-corrected chi connectivity index (χ2v) is 7.86. The normalized spacial score (nSPS) is 13.4. The molecule has 2 heterocycles. The van der Waals surface area contributed by atoms with Crippen molar-refractivity contribution in [1.29, 1.82) is 0 Å². The van der Waals surface area contributed by atoms with E-state index in [4.69, 9.17) is 5.73 Å². The largest absolute Gasteiger partial charge is 0.329 e. The average Bonchev–Trinajstić information content (AvgIpc) is 3.04. The predicted molar refractivity (Wildman–Crippen MR) is 96.8 cm³/mol. The minimum absolute atomic E-state index is 0.174. The smallest absolute Gasteiger partial charge is 0.283 e. The molecule has 0 amide bonds. The Morgan fingerprint density at radius 3 is 2.56 bits per heavy atom. The molecule has 0 aliphatic carbocycles. The number of hydrogen-bond acceptors (Lipinski definition) is 6. The fourth-order valence-electron chi connectivity index (χ4n) is 2.66. The van der Waals surface area contributed by atoms with Crippen molar-refractivity contribution < 1.29 is 8.42 Å². The van der Waals surface area contributed by atoms with E-state index in [0.717, 1.165) is 15.2 Å². The highest BCUT2D eigenvalue weighted by molar-refractivity contribution is 7.90. The maximum atomic E-state index is 12.8. The summed E-state index contributed by atoms with van der Waals surface area (Å²) in [7, 11) is 0.207. The fourth-order valence-corrected chi connectivity index (χ4v) is 3.95. The van der Waals surface area contributed by atoms with Gasteiger partial charge in [0, 0.05) is 30.1 Å². The summed E-state index contributed by atoms with van der Waals surface area (Å²) in [5.41, 5.74) is 7.11. The number of nitrogens with two attached hydrogens (primary N) is 1. The van der Waals surface area contributed by atoms with Crippen LogP contribution in [0.5, 0.6) is 0 Å². The third-order valence-electron chi connectivity index (χ3n) is 4.19. The van der Waals surface area contributed by atoms with E-state index in [0.29, 0.717) is 18.5 Å². The van der Waals surface area contributed by atoms with Crippen molar-refractivity contribution >= 4 is 20.9 Å². The topological polar surface area (TPSA) is 94.1 Å². The number of pyridine rings is 1. The Bertz CT molecular complexity index is 967.